The minimum atomic E-state index is -0.235. The van der Waals surface area contributed by atoms with Gasteiger partial charge in [-0.25, -0.2) is 0 Å². The van der Waals surface area contributed by atoms with Gasteiger partial charge in [0.1, 0.15) is 5.75 Å². The van der Waals surface area contributed by atoms with Gasteiger partial charge < -0.3 is 10.1 Å². The Morgan fingerprint density at radius 2 is 1.95 bits per heavy atom. The number of phenols is 1. The zero-order chi connectivity index (χ0) is 12.5. The van der Waals surface area contributed by atoms with Crippen LogP contribution in [0.4, 0.5) is 0 Å². The van der Waals surface area contributed by atoms with Gasteiger partial charge in [-0.15, -0.1) is 17.0 Å². The van der Waals surface area contributed by atoms with Crippen molar-refractivity contribution in [2.24, 2.45) is 0 Å². The van der Waals surface area contributed by atoms with Gasteiger partial charge >= 0.3 is 0 Å². The summed E-state index contributed by atoms with van der Waals surface area (Å²) in [6.45, 7) is 0. The van der Waals surface area contributed by atoms with Gasteiger partial charge in [-0.05, 0) is 29.8 Å². The molecule has 0 bridgehead atoms. The average molecular weight is 319 g/mol. The van der Waals surface area contributed by atoms with Crippen LogP contribution in [0.1, 0.15) is 0 Å². The largest absolute Gasteiger partial charge is 0.506 e. The van der Waals surface area contributed by atoms with Crippen LogP contribution in [0, 0.1) is 0 Å². The van der Waals surface area contributed by atoms with E-state index in [1.165, 1.54) is 6.07 Å². The number of aromatic amines is 1. The van der Waals surface area contributed by atoms with Crippen LogP contribution >= 0.6 is 17.0 Å². The van der Waals surface area contributed by atoms with Crippen molar-refractivity contribution in [3.05, 3.63) is 59.1 Å². The first-order valence-electron chi connectivity index (χ1n) is 5.51. The Morgan fingerprint density at radius 3 is 2.68 bits per heavy atom. The van der Waals surface area contributed by atoms with Gasteiger partial charge in [0.2, 0.25) is 5.56 Å². The van der Waals surface area contributed by atoms with Crippen LogP contribution in [-0.4, -0.2) is 15.1 Å². The van der Waals surface area contributed by atoms with E-state index in [9.17, 15) is 9.90 Å². The summed E-state index contributed by atoms with van der Waals surface area (Å²) >= 11 is 0. The van der Waals surface area contributed by atoms with Crippen molar-refractivity contribution < 1.29 is 5.11 Å². The quantitative estimate of drug-likeness (QED) is 0.725. The molecule has 0 unspecified atom stereocenters. The van der Waals surface area contributed by atoms with Crippen LogP contribution in [0.15, 0.2) is 53.6 Å². The maximum absolute atomic E-state index is 11.3. The van der Waals surface area contributed by atoms with E-state index in [-0.39, 0.29) is 28.3 Å². The SMILES string of the molecule is Br.O=c1ccc2c(-c3cccnc3)ccc(O)c2[nH]1. The molecule has 4 nitrogen and oxygen atoms in total. The molecule has 0 radical (unpaired) electrons. The third-order valence-corrected chi connectivity index (χ3v) is 2.85. The Bertz CT molecular complexity index is 769. The lowest BCUT2D eigenvalue weighted by Crippen LogP contribution is -2.02. The number of benzene rings is 1. The summed E-state index contributed by atoms with van der Waals surface area (Å²) in [5.74, 6) is 0.0651. The number of fused-ring (bicyclic) bond motifs is 1. The molecule has 0 atom stereocenters. The van der Waals surface area contributed by atoms with Gasteiger partial charge in [-0.3, -0.25) is 9.78 Å². The van der Waals surface area contributed by atoms with Gasteiger partial charge in [0, 0.05) is 29.4 Å². The highest BCUT2D eigenvalue weighted by Crippen LogP contribution is 2.31. The summed E-state index contributed by atoms with van der Waals surface area (Å²) in [5.41, 5.74) is 2.08. The lowest BCUT2D eigenvalue weighted by atomic mass is 10.0. The van der Waals surface area contributed by atoms with Crippen LogP contribution in [0.25, 0.3) is 22.0 Å². The third kappa shape index (κ3) is 2.37. The molecule has 5 heteroatoms. The van der Waals surface area contributed by atoms with Crippen molar-refractivity contribution in [3.63, 3.8) is 0 Å². The van der Waals surface area contributed by atoms with Gasteiger partial charge in [0.25, 0.3) is 0 Å². The predicted octanol–water partition coefficient (Wildman–Crippen LogP) is 2.87. The second kappa shape index (κ2) is 5.24. The molecule has 0 aliphatic rings. The van der Waals surface area contributed by atoms with E-state index in [4.69, 9.17) is 0 Å². The summed E-state index contributed by atoms with van der Waals surface area (Å²) in [5, 5.41) is 10.6. The molecular weight excluding hydrogens is 308 g/mol. The second-order valence-corrected chi connectivity index (χ2v) is 3.99. The zero-order valence-corrected chi connectivity index (χ0v) is 11.5. The average Bonchev–Trinajstić information content (AvgIpc) is 2.41. The van der Waals surface area contributed by atoms with Gasteiger partial charge in [-0.2, -0.15) is 0 Å². The summed E-state index contributed by atoms with van der Waals surface area (Å²) in [6, 6.07) is 10.3. The van der Waals surface area contributed by atoms with Gasteiger partial charge in [0.05, 0.1) is 5.52 Å². The Kier molecular flexibility index (Phi) is 3.66. The normalized spacial score (nSPS) is 10.1. The van der Waals surface area contributed by atoms with Crippen LogP contribution in [0.3, 0.4) is 0 Å². The molecular formula is C14H11BrN2O2. The molecule has 0 saturated heterocycles. The molecule has 1 aromatic carbocycles. The van der Waals surface area contributed by atoms with Gasteiger partial charge in [0.15, 0.2) is 0 Å². The number of rotatable bonds is 1. The van der Waals surface area contributed by atoms with Crippen LogP contribution < -0.4 is 5.56 Å². The molecule has 3 rings (SSSR count). The van der Waals surface area contributed by atoms with E-state index in [1.54, 1.807) is 24.5 Å². The lowest BCUT2D eigenvalue weighted by Gasteiger charge is -2.07. The zero-order valence-electron chi connectivity index (χ0n) is 9.83. The lowest BCUT2D eigenvalue weighted by molar-refractivity contribution is 0.480. The number of hydrogen-bond donors (Lipinski definition) is 2. The summed E-state index contributed by atoms with van der Waals surface area (Å²) in [6.07, 6.45) is 3.45. The molecule has 0 fully saturated rings. The fourth-order valence-corrected chi connectivity index (χ4v) is 2.01. The molecule has 3 aromatic rings. The first-order valence-corrected chi connectivity index (χ1v) is 5.51. The monoisotopic (exact) mass is 318 g/mol. The van der Waals surface area contributed by atoms with Crippen LogP contribution in [0.2, 0.25) is 0 Å². The molecule has 96 valence electrons. The van der Waals surface area contributed by atoms with E-state index in [0.29, 0.717) is 5.52 Å². The molecule has 0 saturated carbocycles. The van der Waals surface area contributed by atoms with Crippen molar-refractivity contribution in [2.75, 3.05) is 0 Å². The Hall–Kier alpha value is -2.14. The van der Waals surface area contributed by atoms with Crippen molar-refractivity contribution in [1.29, 1.82) is 0 Å². The van der Waals surface area contributed by atoms with E-state index in [1.807, 2.05) is 18.2 Å². The highest BCUT2D eigenvalue weighted by atomic mass is 79.9. The molecule has 2 aromatic heterocycles. The smallest absolute Gasteiger partial charge is 0.248 e. The standard InChI is InChI=1S/C14H10N2O2.BrH/c17-12-5-3-10(9-2-1-7-15-8-9)11-4-6-13(18)16-14(11)12;/h1-8,17H,(H,16,18);1H. The first kappa shape index (κ1) is 13.3. The maximum atomic E-state index is 11.3. The number of H-pyrrole nitrogens is 1. The van der Waals surface area contributed by atoms with Gasteiger partial charge in [-0.1, -0.05) is 6.07 Å². The van der Waals surface area contributed by atoms with Crippen molar-refractivity contribution in [2.45, 2.75) is 0 Å². The molecule has 0 aliphatic carbocycles. The molecule has 0 aliphatic heterocycles. The van der Waals surface area contributed by atoms with Crippen LogP contribution in [-0.2, 0) is 0 Å². The molecule has 0 spiro atoms. The maximum Gasteiger partial charge on any atom is 0.248 e. The summed E-state index contributed by atoms with van der Waals surface area (Å²) in [4.78, 5) is 18.0. The summed E-state index contributed by atoms with van der Waals surface area (Å²) in [7, 11) is 0. The molecule has 2 heterocycles. The second-order valence-electron chi connectivity index (χ2n) is 3.99. The number of halogens is 1. The van der Waals surface area contributed by atoms with Crippen LogP contribution in [0.5, 0.6) is 5.75 Å². The fourth-order valence-electron chi connectivity index (χ4n) is 2.01. The van der Waals surface area contributed by atoms with Crippen molar-refractivity contribution in [1.82, 2.24) is 9.97 Å². The Morgan fingerprint density at radius 1 is 1.11 bits per heavy atom. The van der Waals surface area contributed by atoms with Crippen molar-refractivity contribution in [3.8, 4) is 16.9 Å². The number of pyridine rings is 2. The van der Waals surface area contributed by atoms with E-state index in [0.717, 1.165) is 16.5 Å². The van der Waals surface area contributed by atoms with E-state index in [2.05, 4.69) is 9.97 Å². The number of aromatic nitrogens is 2. The molecule has 19 heavy (non-hydrogen) atoms. The number of phenolic OH excluding ortho intramolecular Hbond substituents is 1. The fraction of sp³-hybridized carbons (Fsp3) is 0. The van der Waals surface area contributed by atoms with E-state index >= 15 is 0 Å². The number of aromatic hydroxyl groups is 1. The highest BCUT2D eigenvalue weighted by Gasteiger charge is 2.07. The third-order valence-electron chi connectivity index (χ3n) is 2.85. The first-order chi connectivity index (χ1) is 8.75. The topological polar surface area (TPSA) is 66.0 Å². The Labute approximate surface area is 119 Å². The minimum Gasteiger partial charge on any atom is -0.506 e. The summed E-state index contributed by atoms with van der Waals surface area (Å²) < 4.78 is 0. The number of nitrogens with zero attached hydrogens (tertiary/aromatic N) is 1. The molecule has 0 amide bonds. The predicted molar refractivity (Wildman–Crippen MR) is 79.8 cm³/mol. The number of hydrogen-bond acceptors (Lipinski definition) is 3. The van der Waals surface area contributed by atoms with E-state index < -0.39 is 0 Å². The highest BCUT2D eigenvalue weighted by molar-refractivity contribution is 8.93. The minimum absolute atomic E-state index is 0. The molecule has 2 N–H and O–H groups in total. The Balaban J connectivity index is 0.00000133. The number of nitrogens with one attached hydrogen (secondary N) is 1. The van der Waals surface area contributed by atoms with Crippen molar-refractivity contribution >= 4 is 27.9 Å².